The number of carbonyl (C=O) groups excluding carboxylic acids is 1. The van der Waals surface area contributed by atoms with Gasteiger partial charge in [-0.3, -0.25) is 9.59 Å². The van der Waals surface area contributed by atoms with Gasteiger partial charge in [0, 0.05) is 29.9 Å². The first-order valence-electron chi connectivity index (χ1n) is 14.2. The molecule has 1 amide bonds. The molecule has 2 atom stereocenters. The lowest BCUT2D eigenvalue weighted by molar-refractivity contribution is -0.137. The number of carboxylic acid groups (broad SMARTS) is 1. The van der Waals surface area contributed by atoms with Gasteiger partial charge in [-0.25, -0.2) is 4.39 Å². The van der Waals surface area contributed by atoms with Gasteiger partial charge >= 0.3 is 5.97 Å². The Morgan fingerprint density at radius 2 is 1.43 bits per heavy atom. The standard InChI is InChI=1S/C34H37FN2O5/c1-22(2)32-31(34(42)36-26-11-7-4-8-12-26)30(23-9-5-3-6-10-23)33(24-13-15-25(35)16-14-24)37(32)20-19-28(39)21-27(38)17-18-29(40)41/h3-16,22,27-28,38-39H,17-21H2,1-2H3,(H,36,42)(H,40,41). The van der Waals surface area contributed by atoms with Crippen molar-refractivity contribution in [2.75, 3.05) is 5.32 Å². The second-order valence-electron chi connectivity index (χ2n) is 10.7. The highest BCUT2D eigenvalue weighted by atomic mass is 19.1. The number of nitrogens with one attached hydrogen (secondary N) is 1. The first kappa shape index (κ1) is 30.7. The largest absolute Gasteiger partial charge is 0.481 e. The lowest BCUT2D eigenvalue weighted by atomic mass is 9.94. The summed E-state index contributed by atoms with van der Waals surface area (Å²) in [6.45, 7) is 4.31. The van der Waals surface area contributed by atoms with Crippen molar-refractivity contribution in [3.63, 3.8) is 0 Å². The molecule has 8 heteroatoms. The summed E-state index contributed by atoms with van der Waals surface area (Å²) in [5.74, 6) is -1.77. The zero-order valence-corrected chi connectivity index (χ0v) is 23.8. The van der Waals surface area contributed by atoms with Gasteiger partial charge in [0.1, 0.15) is 5.82 Å². The number of para-hydroxylation sites is 1. The van der Waals surface area contributed by atoms with E-state index in [1.807, 2.05) is 79.1 Å². The zero-order chi connectivity index (χ0) is 30.2. The van der Waals surface area contributed by atoms with Crippen molar-refractivity contribution in [2.45, 2.75) is 64.2 Å². The molecule has 0 fully saturated rings. The quantitative estimate of drug-likeness (QED) is 0.142. The summed E-state index contributed by atoms with van der Waals surface area (Å²) in [5, 5.41) is 33.0. The number of hydrogen-bond donors (Lipinski definition) is 4. The predicted molar refractivity (Wildman–Crippen MR) is 162 cm³/mol. The van der Waals surface area contributed by atoms with E-state index in [-0.39, 0.29) is 43.3 Å². The number of rotatable bonds is 13. The maximum atomic E-state index is 14.1. The zero-order valence-electron chi connectivity index (χ0n) is 23.8. The number of halogens is 1. The second-order valence-corrected chi connectivity index (χ2v) is 10.7. The lowest BCUT2D eigenvalue weighted by Crippen LogP contribution is -2.21. The molecule has 7 nitrogen and oxygen atoms in total. The Morgan fingerprint density at radius 1 is 0.833 bits per heavy atom. The van der Waals surface area contributed by atoms with Gasteiger partial charge in [-0.15, -0.1) is 0 Å². The van der Waals surface area contributed by atoms with E-state index < -0.39 is 18.2 Å². The summed E-state index contributed by atoms with van der Waals surface area (Å²) in [6, 6.07) is 24.9. The first-order valence-corrected chi connectivity index (χ1v) is 14.2. The highest BCUT2D eigenvalue weighted by Crippen LogP contribution is 2.42. The Balaban J connectivity index is 1.85. The van der Waals surface area contributed by atoms with E-state index in [1.165, 1.54) is 12.1 Å². The smallest absolute Gasteiger partial charge is 0.303 e. The molecule has 4 rings (SSSR count). The van der Waals surface area contributed by atoms with Crippen molar-refractivity contribution in [3.8, 4) is 22.4 Å². The van der Waals surface area contributed by atoms with Gasteiger partial charge in [0.15, 0.2) is 0 Å². The Kier molecular flexibility index (Phi) is 10.3. The number of benzene rings is 3. The topological polar surface area (TPSA) is 112 Å². The van der Waals surface area contributed by atoms with E-state index in [1.54, 1.807) is 12.1 Å². The summed E-state index contributed by atoms with van der Waals surface area (Å²) in [6.07, 6.45) is -1.70. The van der Waals surface area contributed by atoms with Gasteiger partial charge in [0.25, 0.3) is 5.91 Å². The molecule has 3 aromatic carbocycles. The highest BCUT2D eigenvalue weighted by Gasteiger charge is 2.30. The van der Waals surface area contributed by atoms with Crippen LogP contribution in [0.1, 0.15) is 61.5 Å². The van der Waals surface area contributed by atoms with Gasteiger partial charge in [-0.1, -0.05) is 62.4 Å². The number of aliphatic hydroxyl groups excluding tert-OH is 2. The molecule has 1 heterocycles. The number of anilines is 1. The molecule has 42 heavy (non-hydrogen) atoms. The van der Waals surface area contributed by atoms with Gasteiger partial charge in [-0.2, -0.15) is 0 Å². The van der Waals surface area contributed by atoms with Gasteiger partial charge in [0.2, 0.25) is 0 Å². The Hall–Kier alpha value is -4.27. The molecule has 0 saturated heterocycles. The van der Waals surface area contributed by atoms with Crippen LogP contribution in [0.2, 0.25) is 0 Å². The molecule has 0 spiro atoms. The fourth-order valence-corrected chi connectivity index (χ4v) is 5.33. The third-order valence-electron chi connectivity index (χ3n) is 7.21. The van der Waals surface area contributed by atoms with Crippen molar-refractivity contribution in [2.24, 2.45) is 0 Å². The Labute approximate surface area is 245 Å². The van der Waals surface area contributed by atoms with Crippen LogP contribution in [0, 0.1) is 5.82 Å². The van der Waals surface area contributed by atoms with Crippen LogP contribution in [0.5, 0.6) is 0 Å². The van der Waals surface area contributed by atoms with Crippen LogP contribution < -0.4 is 5.32 Å². The summed E-state index contributed by atoms with van der Waals surface area (Å²) >= 11 is 0. The number of nitrogens with zero attached hydrogens (tertiary/aromatic N) is 1. The van der Waals surface area contributed by atoms with Gasteiger partial charge < -0.3 is 25.2 Å². The van der Waals surface area contributed by atoms with Crippen molar-refractivity contribution >= 4 is 17.6 Å². The number of amides is 1. The third-order valence-corrected chi connectivity index (χ3v) is 7.21. The molecule has 220 valence electrons. The minimum Gasteiger partial charge on any atom is -0.481 e. The van der Waals surface area contributed by atoms with E-state index in [4.69, 9.17) is 5.11 Å². The molecule has 0 bridgehead atoms. The molecule has 0 radical (unpaired) electrons. The Bertz CT molecular complexity index is 1480. The van der Waals surface area contributed by atoms with E-state index >= 15 is 0 Å². The molecule has 1 aromatic heterocycles. The number of carbonyl (C=O) groups is 2. The van der Waals surface area contributed by atoms with Crippen LogP contribution >= 0.6 is 0 Å². The number of aromatic nitrogens is 1. The minimum absolute atomic E-state index is 0.0321. The summed E-state index contributed by atoms with van der Waals surface area (Å²) in [4.78, 5) is 25.0. The number of aliphatic hydroxyl groups is 2. The number of aliphatic carboxylic acids is 1. The van der Waals surface area contributed by atoms with Gasteiger partial charge in [-0.05, 0) is 72.7 Å². The maximum Gasteiger partial charge on any atom is 0.303 e. The summed E-state index contributed by atoms with van der Waals surface area (Å²) in [5.41, 5.74) is 4.87. The van der Waals surface area contributed by atoms with Crippen molar-refractivity contribution < 1.29 is 29.3 Å². The fraction of sp³-hybridized carbons (Fsp3) is 0.294. The molecular weight excluding hydrogens is 535 g/mol. The molecule has 2 unspecified atom stereocenters. The second kappa shape index (κ2) is 14.1. The van der Waals surface area contributed by atoms with E-state index in [2.05, 4.69) is 5.32 Å². The van der Waals surface area contributed by atoms with Crippen LogP contribution in [0.25, 0.3) is 22.4 Å². The Morgan fingerprint density at radius 3 is 2.02 bits per heavy atom. The third kappa shape index (κ3) is 7.51. The summed E-state index contributed by atoms with van der Waals surface area (Å²) in [7, 11) is 0. The average molecular weight is 573 g/mol. The van der Waals surface area contributed by atoms with Crippen LogP contribution in [0.3, 0.4) is 0 Å². The van der Waals surface area contributed by atoms with Crippen molar-refractivity contribution in [1.82, 2.24) is 4.57 Å². The monoisotopic (exact) mass is 572 g/mol. The van der Waals surface area contributed by atoms with Crippen LogP contribution in [0.4, 0.5) is 10.1 Å². The van der Waals surface area contributed by atoms with E-state index in [0.29, 0.717) is 28.9 Å². The first-order chi connectivity index (χ1) is 20.2. The van der Waals surface area contributed by atoms with E-state index in [9.17, 15) is 24.2 Å². The number of carboxylic acids is 1. The normalized spacial score (nSPS) is 12.7. The van der Waals surface area contributed by atoms with Gasteiger partial charge in [0.05, 0.1) is 23.5 Å². The van der Waals surface area contributed by atoms with Crippen molar-refractivity contribution in [3.05, 3.63) is 102 Å². The molecular formula is C34H37FN2O5. The SMILES string of the molecule is CC(C)c1c(C(=O)Nc2ccccc2)c(-c2ccccc2)c(-c2ccc(F)cc2)n1CCC(O)CC(O)CCC(=O)O. The molecule has 0 aliphatic carbocycles. The van der Waals surface area contributed by atoms with Crippen molar-refractivity contribution in [1.29, 1.82) is 0 Å². The molecule has 0 aliphatic rings. The average Bonchev–Trinajstić information content (AvgIpc) is 3.32. The molecule has 0 saturated carbocycles. The maximum absolute atomic E-state index is 14.1. The number of hydrogen-bond acceptors (Lipinski definition) is 4. The van der Waals surface area contributed by atoms with Crippen LogP contribution in [-0.4, -0.2) is 44.0 Å². The lowest BCUT2D eigenvalue weighted by Gasteiger charge is -2.20. The van der Waals surface area contributed by atoms with E-state index in [0.717, 1.165) is 17.0 Å². The van der Waals surface area contributed by atoms with Crippen LogP contribution in [-0.2, 0) is 11.3 Å². The molecule has 4 N–H and O–H groups in total. The molecule has 0 aliphatic heterocycles. The minimum atomic E-state index is -1.00. The van der Waals surface area contributed by atoms with Crippen LogP contribution in [0.15, 0.2) is 84.9 Å². The molecule has 4 aromatic rings. The fourth-order valence-electron chi connectivity index (χ4n) is 5.33. The predicted octanol–water partition coefficient (Wildman–Crippen LogP) is 6.70. The summed E-state index contributed by atoms with van der Waals surface area (Å²) < 4.78 is 16.1. The highest BCUT2D eigenvalue weighted by molar-refractivity contribution is 6.12.